The second-order valence-electron chi connectivity index (χ2n) is 4.73. The zero-order chi connectivity index (χ0) is 12.1. The van der Waals surface area contributed by atoms with Crippen LogP contribution in [-0.2, 0) is 6.54 Å². The Morgan fingerprint density at radius 3 is 2.76 bits per heavy atom. The van der Waals surface area contributed by atoms with Crippen LogP contribution in [-0.4, -0.2) is 22.8 Å². The van der Waals surface area contributed by atoms with Crippen molar-refractivity contribution in [2.75, 3.05) is 11.9 Å². The molecule has 0 aliphatic heterocycles. The van der Waals surface area contributed by atoms with Crippen molar-refractivity contribution >= 4 is 27.5 Å². The van der Waals surface area contributed by atoms with Crippen LogP contribution < -0.4 is 0 Å². The average Bonchev–Trinajstić information content (AvgIpc) is 2.23. The topological polar surface area (TPSA) is 3.24 Å². The summed E-state index contributed by atoms with van der Waals surface area (Å²) >= 11 is 9.55. The molecule has 0 amide bonds. The second-order valence-corrected chi connectivity index (χ2v) is 5.96. The van der Waals surface area contributed by atoms with Crippen LogP contribution in [0.5, 0.6) is 0 Å². The first kappa shape index (κ1) is 13.4. The van der Waals surface area contributed by atoms with Crippen LogP contribution in [0.25, 0.3) is 0 Å². The maximum Gasteiger partial charge on any atom is 0.0409 e. The van der Waals surface area contributed by atoms with E-state index in [1.165, 1.54) is 37.8 Å². The minimum Gasteiger partial charge on any atom is -0.296 e. The van der Waals surface area contributed by atoms with Gasteiger partial charge in [-0.2, -0.15) is 0 Å². The Labute approximate surface area is 117 Å². The van der Waals surface area contributed by atoms with E-state index in [-0.39, 0.29) is 0 Å². The largest absolute Gasteiger partial charge is 0.296 e. The van der Waals surface area contributed by atoms with Gasteiger partial charge in [-0.25, -0.2) is 0 Å². The van der Waals surface area contributed by atoms with Gasteiger partial charge in [-0.05, 0) is 43.5 Å². The molecule has 1 aliphatic carbocycles. The highest BCUT2D eigenvalue weighted by atomic mass is 79.9. The summed E-state index contributed by atoms with van der Waals surface area (Å²) in [5.41, 5.74) is 1.33. The van der Waals surface area contributed by atoms with Crippen molar-refractivity contribution in [1.29, 1.82) is 0 Å². The minimum atomic E-state index is 0.799. The molecular formula is C14H19BrClN. The van der Waals surface area contributed by atoms with E-state index in [1.807, 2.05) is 12.1 Å². The summed E-state index contributed by atoms with van der Waals surface area (Å²) in [5, 5.41) is 1.93. The molecule has 1 nitrogen and oxygen atoms in total. The van der Waals surface area contributed by atoms with Crippen molar-refractivity contribution in [3.8, 4) is 0 Å². The van der Waals surface area contributed by atoms with E-state index in [4.69, 9.17) is 11.6 Å². The fourth-order valence-electron chi connectivity index (χ4n) is 2.28. The van der Waals surface area contributed by atoms with Crippen molar-refractivity contribution in [1.82, 2.24) is 4.90 Å². The molecule has 1 aromatic rings. The van der Waals surface area contributed by atoms with Gasteiger partial charge in [0.05, 0.1) is 0 Å². The molecule has 0 saturated heterocycles. The Hall–Kier alpha value is -0.0500. The van der Waals surface area contributed by atoms with Crippen molar-refractivity contribution in [2.45, 2.75) is 38.3 Å². The van der Waals surface area contributed by atoms with E-state index < -0.39 is 0 Å². The lowest BCUT2D eigenvalue weighted by Crippen LogP contribution is -2.40. The monoisotopic (exact) mass is 315 g/mol. The molecular weight excluding hydrogens is 298 g/mol. The number of halogens is 2. The summed E-state index contributed by atoms with van der Waals surface area (Å²) in [4.78, 5) is 2.61. The van der Waals surface area contributed by atoms with Crippen LogP contribution in [0.3, 0.4) is 0 Å². The summed E-state index contributed by atoms with van der Waals surface area (Å²) in [5.74, 6) is 0. The molecule has 0 radical (unpaired) electrons. The van der Waals surface area contributed by atoms with Gasteiger partial charge in [0.1, 0.15) is 0 Å². The third-order valence-corrected chi connectivity index (χ3v) is 4.24. The molecule has 17 heavy (non-hydrogen) atoms. The number of hydrogen-bond donors (Lipinski definition) is 0. The van der Waals surface area contributed by atoms with E-state index in [2.05, 4.69) is 33.0 Å². The molecule has 94 valence electrons. The third-order valence-electron chi connectivity index (χ3n) is 3.44. The Kier molecular flexibility index (Phi) is 5.33. The van der Waals surface area contributed by atoms with Gasteiger partial charge in [-0.3, -0.25) is 4.90 Å². The zero-order valence-corrected chi connectivity index (χ0v) is 12.4. The lowest BCUT2D eigenvalue weighted by molar-refractivity contribution is 0.120. The molecule has 1 saturated carbocycles. The summed E-state index contributed by atoms with van der Waals surface area (Å²) < 4.78 is 0. The highest BCUT2D eigenvalue weighted by Crippen LogP contribution is 2.26. The Bertz CT molecular complexity index is 352. The van der Waals surface area contributed by atoms with Gasteiger partial charge in [0, 0.05) is 22.9 Å². The van der Waals surface area contributed by atoms with E-state index in [1.54, 1.807) is 0 Å². The van der Waals surface area contributed by atoms with Gasteiger partial charge in [0.15, 0.2) is 0 Å². The van der Waals surface area contributed by atoms with Gasteiger partial charge in [0.25, 0.3) is 0 Å². The highest BCUT2D eigenvalue weighted by molar-refractivity contribution is 9.09. The summed E-state index contributed by atoms with van der Waals surface area (Å²) in [7, 11) is 0. The molecule has 0 bridgehead atoms. The van der Waals surface area contributed by atoms with Gasteiger partial charge in [-0.1, -0.05) is 46.1 Å². The number of rotatable bonds is 6. The lowest BCUT2D eigenvalue weighted by atomic mass is 9.91. The van der Waals surface area contributed by atoms with E-state index in [0.29, 0.717) is 0 Å². The molecule has 0 unspecified atom stereocenters. The Balaban J connectivity index is 1.95. The Morgan fingerprint density at radius 2 is 2.18 bits per heavy atom. The maximum absolute atomic E-state index is 6.03. The predicted molar refractivity (Wildman–Crippen MR) is 77.9 cm³/mol. The predicted octanol–water partition coefficient (Wildman–Crippen LogP) is 4.48. The van der Waals surface area contributed by atoms with Gasteiger partial charge in [0.2, 0.25) is 0 Å². The number of hydrogen-bond acceptors (Lipinski definition) is 1. The second kappa shape index (κ2) is 6.77. The standard InChI is InChI=1S/C14H19BrClN/c15-8-3-9-17(14-6-2-7-14)11-12-4-1-5-13(16)10-12/h1,4-5,10,14H,2-3,6-9,11H2. The molecule has 0 spiro atoms. The highest BCUT2D eigenvalue weighted by Gasteiger charge is 2.24. The quantitative estimate of drug-likeness (QED) is 0.699. The van der Waals surface area contributed by atoms with Crippen LogP contribution in [0.4, 0.5) is 0 Å². The van der Waals surface area contributed by atoms with Crippen molar-refractivity contribution in [3.05, 3.63) is 34.9 Å². The fourth-order valence-corrected chi connectivity index (χ4v) is 2.74. The lowest BCUT2D eigenvalue weighted by Gasteiger charge is -2.37. The first-order chi connectivity index (χ1) is 8.29. The normalized spacial score (nSPS) is 16.2. The molecule has 1 fully saturated rings. The van der Waals surface area contributed by atoms with Crippen molar-refractivity contribution in [2.24, 2.45) is 0 Å². The maximum atomic E-state index is 6.03. The molecule has 0 heterocycles. The molecule has 1 aliphatic rings. The van der Waals surface area contributed by atoms with Crippen LogP contribution in [0.15, 0.2) is 24.3 Å². The minimum absolute atomic E-state index is 0.799. The molecule has 2 rings (SSSR count). The van der Waals surface area contributed by atoms with Gasteiger partial charge >= 0.3 is 0 Å². The number of benzene rings is 1. The number of nitrogens with zero attached hydrogens (tertiary/aromatic N) is 1. The van der Waals surface area contributed by atoms with Crippen LogP contribution in [0, 0.1) is 0 Å². The SMILES string of the molecule is Clc1cccc(CN(CCCBr)C2CCC2)c1. The molecule has 1 aromatic carbocycles. The van der Waals surface area contributed by atoms with Crippen molar-refractivity contribution in [3.63, 3.8) is 0 Å². The van der Waals surface area contributed by atoms with Crippen LogP contribution in [0.1, 0.15) is 31.2 Å². The van der Waals surface area contributed by atoms with Crippen LogP contribution in [0.2, 0.25) is 5.02 Å². The van der Waals surface area contributed by atoms with E-state index >= 15 is 0 Å². The fraction of sp³-hybridized carbons (Fsp3) is 0.571. The summed E-state index contributed by atoms with van der Waals surface area (Å²) in [6.45, 7) is 2.22. The summed E-state index contributed by atoms with van der Waals surface area (Å²) in [6, 6.07) is 9.04. The van der Waals surface area contributed by atoms with Gasteiger partial charge < -0.3 is 0 Å². The zero-order valence-electron chi connectivity index (χ0n) is 10.0. The van der Waals surface area contributed by atoms with Crippen molar-refractivity contribution < 1.29 is 0 Å². The molecule has 0 atom stereocenters. The Morgan fingerprint density at radius 1 is 1.35 bits per heavy atom. The average molecular weight is 317 g/mol. The number of alkyl halides is 1. The smallest absolute Gasteiger partial charge is 0.0409 e. The van der Waals surface area contributed by atoms with E-state index in [0.717, 1.165) is 22.9 Å². The van der Waals surface area contributed by atoms with Crippen LogP contribution >= 0.6 is 27.5 Å². The first-order valence-electron chi connectivity index (χ1n) is 6.34. The summed E-state index contributed by atoms with van der Waals surface area (Å²) in [6.07, 6.45) is 5.34. The van der Waals surface area contributed by atoms with Gasteiger partial charge in [-0.15, -0.1) is 0 Å². The molecule has 0 N–H and O–H groups in total. The first-order valence-corrected chi connectivity index (χ1v) is 7.84. The molecule has 0 aromatic heterocycles. The third kappa shape index (κ3) is 3.97. The molecule has 3 heteroatoms. The van der Waals surface area contributed by atoms with E-state index in [9.17, 15) is 0 Å².